The Morgan fingerprint density at radius 3 is 2.75 bits per heavy atom. The summed E-state index contributed by atoms with van der Waals surface area (Å²) in [7, 11) is 0. The molecule has 0 fully saturated rings. The van der Waals surface area contributed by atoms with Crippen molar-refractivity contribution in [3.63, 3.8) is 0 Å². The van der Waals surface area contributed by atoms with Gasteiger partial charge in [0.25, 0.3) is 0 Å². The summed E-state index contributed by atoms with van der Waals surface area (Å²) in [5.41, 5.74) is 1.14. The molecule has 4 heteroatoms. The number of aliphatic hydroxyl groups excluding tert-OH is 1. The fourth-order valence-electron chi connectivity index (χ4n) is 1.62. The number of aliphatic hydroxyl groups is 1. The van der Waals surface area contributed by atoms with E-state index in [0.717, 1.165) is 5.56 Å². The van der Waals surface area contributed by atoms with Gasteiger partial charge >= 0.3 is 0 Å². The predicted molar refractivity (Wildman–Crippen MR) is 76.1 cm³/mol. The Bertz CT molecular complexity index is 659. The zero-order valence-electron chi connectivity index (χ0n) is 10.6. The molecule has 0 spiro atoms. The first kappa shape index (κ1) is 14.4. The molecule has 0 bridgehead atoms. The number of hydrogen-bond acceptors (Lipinski definition) is 2. The number of ether oxygens (including phenoxy) is 1. The lowest BCUT2D eigenvalue weighted by atomic mass is 10.2. The normalized spacial score (nSPS) is 9.75. The average molecular weight is 291 g/mol. The van der Waals surface area contributed by atoms with Crippen molar-refractivity contribution in [2.24, 2.45) is 0 Å². The van der Waals surface area contributed by atoms with Gasteiger partial charge in [-0.2, -0.15) is 0 Å². The lowest BCUT2D eigenvalue weighted by Gasteiger charge is -2.07. The highest BCUT2D eigenvalue weighted by Gasteiger charge is 2.03. The van der Waals surface area contributed by atoms with E-state index in [1.165, 1.54) is 12.1 Å². The summed E-state index contributed by atoms with van der Waals surface area (Å²) in [6.07, 6.45) is 0. The van der Waals surface area contributed by atoms with Gasteiger partial charge in [0.05, 0.1) is 5.56 Å². The molecule has 0 aromatic heterocycles. The van der Waals surface area contributed by atoms with Gasteiger partial charge in [0, 0.05) is 11.1 Å². The predicted octanol–water partition coefficient (Wildman–Crippen LogP) is 3.40. The lowest BCUT2D eigenvalue weighted by molar-refractivity contribution is 0.304. The quantitative estimate of drug-likeness (QED) is 0.878. The van der Waals surface area contributed by atoms with E-state index in [-0.39, 0.29) is 12.2 Å². The maximum absolute atomic E-state index is 13.7. The van der Waals surface area contributed by atoms with Crippen molar-refractivity contribution in [2.45, 2.75) is 6.61 Å². The molecule has 2 nitrogen and oxygen atoms in total. The van der Waals surface area contributed by atoms with Gasteiger partial charge in [0.15, 0.2) is 0 Å². The Hall–Kier alpha value is -2.02. The molecule has 0 heterocycles. The molecule has 0 amide bonds. The van der Waals surface area contributed by atoms with Gasteiger partial charge in [-0.25, -0.2) is 4.39 Å². The van der Waals surface area contributed by atoms with Crippen LogP contribution in [0, 0.1) is 17.7 Å². The molecule has 0 saturated carbocycles. The van der Waals surface area contributed by atoms with Crippen LogP contribution in [0.25, 0.3) is 0 Å². The molecule has 2 aromatic rings. The smallest absolute Gasteiger partial charge is 0.142 e. The topological polar surface area (TPSA) is 29.5 Å². The number of halogens is 2. The molecule has 0 radical (unpaired) electrons. The van der Waals surface area contributed by atoms with E-state index in [0.29, 0.717) is 17.4 Å². The molecule has 0 atom stereocenters. The molecule has 0 aliphatic rings. The maximum atomic E-state index is 13.7. The van der Waals surface area contributed by atoms with Crippen LogP contribution in [0.1, 0.15) is 11.1 Å². The second kappa shape index (κ2) is 6.95. The Morgan fingerprint density at radius 2 is 2.05 bits per heavy atom. The number of hydrogen-bond donors (Lipinski definition) is 1. The minimum Gasteiger partial charge on any atom is -0.489 e. The fourth-order valence-corrected chi connectivity index (χ4v) is 1.83. The second-order valence-corrected chi connectivity index (χ2v) is 4.46. The van der Waals surface area contributed by atoms with Crippen molar-refractivity contribution in [1.29, 1.82) is 0 Å². The first-order valence-electron chi connectivity index (χ1n) is 5.95. The fraction of sp³-hybridized carbons (Fsp3) is 0.125. The largest absolute Gasteiger partial charge is 0.489 e. The summed E-state index contributed by atoms with van der Waals surface area (Å²) in [6, 6.07) is 11.7. The van der Waals surface area contributed by atoms with Crippen LogP contribution in [0.3, 0.4) is 0 Å². The highest BCUT2D eigenvalue weighted by atomic mass is 35.5. The summed E-state index contributed by atoms with van der Waals surface area (Å²) in [6.45, 7) is 0.00806. The van der Waals surface area contributed by atoms with Crippen molar-refractivity contribution in [1.82, 2.24) is 0 Å². The Balaban J connectivity index is 2.05. The first-order chi connectivity index (χ1) is 9.69. The van der Waals surface area contributed by atoms with E-state index >= 15 is 0 Å². The standard InChI is InChI=1S/C16H12ClFO2/c17-14-5-1-3-12(9-14)11-20-15-7-6-13(4-2-8-19)16(18)10-15/h1,3,5-7,9-10,19H,8,11H2. The van der Waals surface area contributed by atoms with Crippen LogP contribution >= 0.6 is 11.6 Å². The van der Waals surface area contributed by atoms with E-state index in [9.17, 15) is 4.39 Å². The molecule has 0 aliphatic heterocycles. The third kappa shape index (κ3) is 3.99. The van der Waals surface area contributed by atoms with E-state index in [1.54, 1.807) is 18.2 Å². The van der Waals surface area contributed by atoms with E-state index in [1.807, 2.05) is 12.1 Å². The molecule has 2 aromatic carbocycles. The van der Waals surface area contributed by atoms with Crippen molar-refractivity contribution < 1.29 is 14.2 Å². The van der Waals surface area contributed by atoms with Crippen molar-refractivity contribution >= 4 is 11.6 Å². The van der Waals surface area contributed by atoms with Crippen LogP contribution in [-0.4, -0.2) is 11.7 Å². The van der Waals surface area contributed by atoms with Crippen LogP contribution in [-0.2, 0) is 6.61 Å². The van der Waals surface area contributed by atoms with Crippen LogP contribution < -0.4 is 4.74 Å². The van der Waals surface area contributed by atoms with E-state index in [2.05, 4.69) is 11.8 Å². The van der Waals surface area contributed by atoms with Gasteiger partial charge in [-0.1, -0.05) is 35.6 Å². The van der Waals surface area contributed by atoms with E-state index < -0.39 is 5.82 Å². The average Bonchev–Trinajstić information content (AvgIpc) is 2.44. The SMILES string of the molecule is OCC#Cc1ccc(OCc2cccc(Cl)c2)cc1F. The molecule has 0 aliphatic carbocycles. The third-order valence-electron chi connectivity index (χ3n) is 2.54. The lowest BCUT2D eigenvalue weighted by Crippen LogP contribution is -1.96. The molecule has 0 unspecified atom stereocenters. The molecule has 20 heavy (non-hydrogen) atoms. The Morgan fingerprint density at radius 1 is 1.20 bits per heavy atom. The summed E-state index contributed by atoms with van der Waals surface area (Å²) in [5, 5.41) is 9.21. The maximum Gasteiger partial charge on any atom is 0.142 e. The minimum atomic E-state index is -0.477. The summed E-state index contributed by atoms with van der Waals surface area (Å²) in [4.78, 5) is 0. The van der Waals surface area contributed by atoms with Gasteiger partial charge < -0.3 is 9.84 Å². The summed E-state index contributed by atoms with van der Waals surface area (Å²) >= 11 is 5.87. The van der Waals surface area contributed by atoms with Gasteiger partial charge in [-0.3, -0.25) is 0 Å². The zero-order valence-corrected chi connectivity index (χ0v) is 11.3. The van der Waals surface area contributed by atoms with E-state index in [4.69, 9.17) is 21.4 Å². The molecule has 2 rings (SSSR count). The summed E-state index contributed by atoms with van der Waals surface area (Å²) < 4.78 is 19.2. The molecular formula is C16H12ClFO2. The minimum absolute atomic E-state index is 0.231. The summed E-state index contributed by atoms with van der Waals surface area (Å²) in [5.74, 6) is 4.86. The van der Waals surface area contributed by atoms with Gasteiger partial charge in [0.1, 0.15) is 24.8 Å². The van der Waals surface area contributed by atoms with Crippen molar-refractivity contribution in [3.05, 3.63) is 64.4 Å². The second-order valence-electron chi connectivity index (χ2n) is 4.02. The Labute approximate surface area is 121 Å². The van der Waals surface area contributed by atoms with Gasteiger partial charge in [-0.15, -0.1) is 0 Å². The molecule has 0 saturated heterocycles. The van der Waals surface area contributed by atoms with Gasteiger partial charge in [0.2, 0.25) is 0 Å². The molecule has 1 N–H and O–H groups in total. The monoisotopic (exact) mass is 290 g/mol. The molecule has 102 valence electrons. The van der Waals surface area contributed by atoms with Crippen LogP contribution in [0.4, 0.5) is 4.39 Å². The molecular weight excluding hydrogens is 279 g/mol. The third-order valence-corrected chi connectivity index (χ3v) is 2.77. The number of rotatable bonds is 3. The van der Waals surface area contributed by atoms with Crippen molar-refractivity contribution in [3.8, 4) is 17.6 Å². The van der Waals surface area contributed by atoms with Gasteiger partial charge in [-0.05, 0) is 29.8 Å². The van der Waals surface area contributed by atoms with Crippen molar-refractivity contribution in [2.75, 3.05) is 6.61 Å². The zero-order chi connectivity index (χ0) is 14.4. The van der Waals surface area contributed by atoms with Crippen LogP contribution in [0.5, 0.6) is 5.75 Å². The highest BCUT2D eigenvalue weighted by Crippen LogP contribution is 2.18. The number of benzene rings is 2. The Kier molecular flexibility index (Phi) is 5.00. The highest BCUT2D eigenvalue weighted by molar-refractivity contribution is 6.30. The van der Waals surface area contributed by atoms with Crippen LogP contribution in [0.15, 0.2) is 42.5 Å². The van der Waals surface area contributed by atoms with Crippen LogP contribution in [0.2, 0.25) is 5.02 Å². The first-order valence-corrected chi connectivity index (χ1v) is 6.33.